The van der Waals surface area contributed by atoms with Crippen LogP contribution in [-0.4, -0.2) is 16.7 Å². The van der Waals surface area contributed by atoms with Gasteiger partial charge < -0.3 is 9.84 Å². The molecule has 1 aliphatic heterocycles. The van der Waals surface area contributed by atoms with E-state index in [0.717, 1.165) is 27.8 Å². The lowest BCUT2D eigenvalue weighted by Gasteiger charge is -2.17. The molecule has 16 heavy (non-hydrogen) atoms. The summed E-state index contributed by atoms with van der Waals surface area (Å²) in [6, 6.07) is 1.61. The fourth-order valence-electron chi connectivity index (χ4n) is 2.06. The Labute approximate surface area is 103 Å². The van der Waals surface area contributed by atoms with Gasteiger partial charge in [-0.05, 0) is 48.3 Å². The average molecular weight is 285 g/mol. The summed E-state index contributed by atoms with van der Waals surface area (Å²) in [7, 11) is 0. The number of ether oxygens (including phenoxy) is 1. The molecule has 1 aliphatic rings. The summed E-state index contributed by atoms with van der Waals surface area (Å²) in [5.41, 5.74) is 1.88. The van der Waals surface area contributed by atoms with Crippen molar-refractivity contribution in [1.82, 2.24) is 0 Å². The molecule has 0 atom stereocenters. The summed E-state index contributed by atoms with van der Waals surface area (Å²) in [6.45, 7) is 5.83. The first-order chi connectivity index (χ1) is 7.32. The highest BCUT2D eigenvalue weighted by Crippen LogP contribution is 2.43. The topological polar surface area (TPSA) is 46.5 Å². The number of carboxylic acid groups (broad SMARTS) is 1. The smallest absolute Gasteiger partial charge is 0.336 e. The number of hydrogen-bond donors (Lipinski definition) is 1. The Hall–Kier alpha value is -1.03. The van der Waals surface area contributed by atoms with Gasteiger partial charge in [0.2, 0.25) is 0 Å². The highest BCUT2D eigenvalue weighted by Gasteiger charge is 2.34. The van der Waals surface area contributed by atoms with Gasteiger partial charge in [0.1, 0.15) is 11.4 Å². The molecule has 0 amide bonds. The third-order valence-electron chi connectivity index (χ3n) is 2.83. The second-order valence-corrected chi connectivity index (χ2v) is 5.54. The van der Waals surface area contributed by atoms with Crippen LogP contribution in [0.4, 0.5) is 0 Å². The number of carboxylic acids is 1. The zero-order valence-corrected chi connectivity index (χ0v) is 11.0. The summed E-state index contributed by atoms with van der Waals surface area (Å²) < 4.78 is 6.52. The van der Waals surface area contributed by atoms with Crippen molar-refractivity contribution >= 4 is 21.9 Å². The van der Waals surface area contributed by atoms with Crippen molar-refractivity contribution in [2.75, 3.05) is 0 Å². The molecule has 0 radical (unpaired) electrons. The molecule has 0 aliphatic carbocycles. The molecule has 0 saturated heterocycles. The molecular formula is C12H13BrO3. The van der Waals surface area contributed by atoms with E-state index in [0.29, 0.717) is 5.56 Å². The predicted octanol–water partition coefficient (Wildman–Crippen LogP) is 3.17. The van der Waals surface area contributed by atoms with Gasteiger partial charge in [-0.3, -0.25) is 0 Å². The van der Waals surface area contributed by atoms with E-state index < -0.39 is 5.97 Å². The lowest BCUT2D eigenvalue weighted by Crippen LogP contribution is -2.24. The normalized spacial score (nSPS) is 16.8. The SMILES string of the molecule is Cc1c(C(=O)O)cc(Br)c2c1CC(C)(C)O2. The molecule has 1 N–H and O–H groups in total. The van der Waals surface area contributed by atoms with Crippen molar-refractivity contribution in [3.8, 4) is 5.75 Å². The van der Waals surface area contributed by atoms with Gasteiger partial charge in [-0.2, -0.15) is 0 Å². The van der Waals surface area contributed by atoms with E-state index in [2.05, 4.69) is 15.9 Å². The quantitative estimate of drug-likeness (QED) is 0.862. The molecule has 1 aromatic carbocycles. The molecule has 1 heterocycles. The van der Waals surface area contributed by atoms with Gasteiger partial charge in [0.25, 0.3) is 0 Å². The van der Waals surface area contributed by atoms with E-state index in [1.165, 1.54) is 0 Å². The van der Waals surface area contributed by atoms with Crippen LogP contribution in [0.25, 0.3) is 0 Å². The van der Waals surface area contributed by atoms with Gasteiger partial charge in [0, 0.05) is 12.0 Å². The Balaban J connectivity index is 2.64. The molecule has 0 bridgehead atoms. The van der Waals surface area contributed by atoms with Crippen LogP contribution < -0.4 is 4.74 Å². The minimum Gasteiger partial charge on any atom is -0.486 e. The van der Waals surface area contributed by atoms with E-state index in [9.17, 15) is 4.79 Å². The van der Waals surface area contributed by atoms with E-state index in [-0.39, 0.29) is 5.60 Å². The fraction of sp³-hybridized carbons (Fsp3) is 0.417. The van der Waals surface area contributed by atoms with Crippen LogP contribution in [0.15, 0.2) is 10.5 Å². The van der Waals surface area contributed by atoms with Crippen molar-refractivity contribution in [3.05, 3.63) is 27.2 Å². The average Bonchev–Trinajstić information content (AvgIpc) is 2.48. The molecule has 1 aromatic rings. The number of carbonyl (C=O) groups is 1. The van der Waals surface area contributed by atoms with Crippen molar-refractivity contribution in [2.24, 2.45) is 0 Å². The Kier molecular flexibility index (Phi) is 2.49. The largest absolute Gasteiger partial charge is 0.486 e. The minimum absolute atomic E-state index is 0.257. The zero-order valence-electron chi connectivity index (χ0n) is 9.43. The van der Waals surface area contributed by atoms with Gasteiger partial charge in [-0.1, -0.05) is 0 Å². The molecule has 0 saturated carbocycles. The molecule has 2 rings (SSSR count). The molecule has 3 nitrogen and oxygen atoms in total. The Morgan fingerprint density at radius 1 is 1.56 bits per heavy atom. The van der Waals surface area contributed by atoms with E-state index in [1.807, 2.05) is 20.8 Å². The first kappa shape index (κ1) is 11.5. The monoisotopic (exact) mass is 284 g/mol. The number of benzene rings is 1. The zero-order chi connectivity index (χ0) is 12.1. The number of rotatable bonds is 1. The highest BCUT2D eigenvalue weighted by atomic mass is 79.9. The van der Waals surface area contributed by atoms with E-state index in [4.69, 9.17) is 9.84 Å². The number of hydrogen-bond acceptors (Lipinski definition) is 2. The van der Waals surface area contributed by atoms with Crippen LogP contribution in [0.1, 0.15) is 35.3 Å². The molecule has 0 spiro atoms. The highest BCUT2D eigenvalue weighted by molar-refractivity contribution is 9.10. The van der Waals surface area contributed by atoms with Crippen LogP contribution in [0.2, 0.25) is 0 Å². The summed E-state index contributed by atoms with van der Waals surface area (Å²) in [6.07, 6.45) is 0.744. The van der Waals surface area contributed by atoms with Crippen molar-refractivity contribution in [3.63, 3.8) is 0 Å². The van der Waals surface area contributed by atoms with Gasteiger partial charge in [0.15, 0.2) is 0 Å². The van der Waals surface area contributed by atoms with Crippen LogP contribution in [0.5, 0.6) is 5.75 Å². The van der Waals surface area contributed by atoms with Crippen molar-refractivity contribution in [2.45, 2.75) is 32.8 Å². The van der Waals surface area contributed by atoms with Crippen LogP contribution in [-0.2, 0) is 6.42 Å². The predicted molar refractivity (Wildman–Crippen MR) is 64.2 cm³/mol. The van der Waals surface area contributed by atoms with Crippen LogP contribution in [0, 0.1) is 6.92 Å². The molecule has 0 fully saturated rings. The second-order valence-electron chi connectivity index (χ2n) is 4.68. The van der Waals surface area contributed by atoms with Crippen LogP contribution >= 0.6 is 15.9 Å². The standard InChI is InChI=1S/C12H13BrO3/c1-6-7(11(14)15)4-9(13)10-8(6)5-12(2,3)16-10/h4H,5H2,1-3H3,(H,14,15). The number of halogens is 1. The maximum absolute atomic E-state index is 11.1. The molecule has 0 unspecified atom stereocenters. The molecule has 86 valence electrons. The van der Waals surface area contributed by atoms with E-state index in [1.54, 1.807) is 6.07 Å². The maximum atomic E-state index is 11.1. The van der Waals surface area contributed by atoms with Crippen molar-refractivity contribution in [1.29, 1.82) is 0 Å². The summed E-state index contributed by atoms with van der Waals surface area (Å²) in [5.74, 6) is -0.113. The third-order valence-corrected chi connectivity index (χ3v) is 3.42. The van der Waals surface area contributed by atoms with E-state index >= 15 is 0 Å². The lowest BCUT2D eigenvalue weighted by molar-refractivity contribution is 0.0696. The summed E-state index contributed by atoms with van der Waals surface area (Å²) in [4.78, 5) is 11.1. The minimum atomic E-state index is -0.897. The maximum Gasteiger partial charge on any atom is 0.336 e. The Morgan fingerprint density at radius 2 is 2.19 bits per heavy atom. The third kappa shape index (κ3) is 1.71. The van der Waals surface area contributed by atoms with Gasteiger partial charge in [-0.25, -0.2) is 4.79 Å². The lowest BCUT2D eigenvalue weighted by atomic mass is 9.95. The fourth-order valence-corrected chi connectivity index (χ4v) is 2.61. The summed E-state index contributed by atoms with van der Waals surface area (Å²) in [5, 5.41) is 9.09. The van der Waals surface area contributed by atoms with Crippen molar-refractivity contribution < 1.29 is 14.6 Å². The van der Waals surface area contributed by atoms with Crippen LogP contribution in [0.3, 0.4) is 0 Å². The summed E-state index contributed by atoms with van der Waals surface area (Å²) >= 11 is 3.36. The van der Waals surface area contributed by atoms with Gasteiger partial charge >= 0.3 is 5.97 Å². The Morgan fingerprint density at radius 3 is 2.75 bits per heavy atom. The molecular weight excluding hydrogens is 272 g/mol. The number of fused-ring (bicyclic) bond motifs is 1. The van der Waals surface area contributed by atoms with Gasteiger partial charge in [-0.15, -0.1) is 0 Å². The molecule has 0 aromatic heterocycles. The second kappa shape index (κ2) is 3.48. The Bertz CT molecular complexity index is 478. The van der Waals surface area contributed by atoms with Gasteiger partial charge in [0.05, 0.1) is 10.0 Å². The molecule has 4 heteroatoms. The number of aromatic carboxylic acids is 1. The first-order valence-corrected chi connectivity index (χ1v) is 5.85. The first-order valence-electron chi connectivity index (χ1n) is 5.06.